The molecule has 0 fully saturated rings. The lowest BCUT2D eigenvalue weighted by atomic mass is 10.0. The standard InChI is InChI=1S/C7H9F2PS/c8-7(9,10)5-2-1-3-6(11)4-5/h1,3-5,11H,2,10H2/t5-/m0/s1. The Bertz CT molecular complexity index is 205. The molecule has 62 valence electrons. The molecule has 4 heteroatoms. The first-order chi connectivity index (χ1) is 5.00. The van der Waals surface area contributed by atoms with Crippen LogP contribution in [0.2, 0.25) is 0 Å². The predicted octanol–water partition coefficient (Wildman–Crippen LogP) is 2.84. The smallest absolute Gasteiger partial charge is 0.202 e. The fraction of sp³-hybridized carbons (Fsp3) is 0.429. The Morgan fingerprint density at radius 3 is 2.64 bits per heavy atom. The van der Waals surface area contributed by atoms with Crippen LogP contribution in [0.5, 0.6) is 0 Å². The SMILES string of the molecule is FC(F)(P)[C@@H]1C=C(S)C=CC1. The summed E-state index contributed by atoms with van der Waals surface area (Å²) >= 11 is 3.98. The first-order valence-corrected chi connectivity index (χ1v) is 4.26. The summed E-state index contributed by atoms with van der Waals surface area (Å²) in [5, 5.41) is 0. The average Bonchev–Trinajstić information content (AvgIpc) is 1.86. The van der Waals surface area contributed by atoms with Crippen molar-refractivity contribution in [2.24, 2.45) is 5.92 Å². The fourth-order valence-electron chi connectivity index (χ4n) is 0.933. The van der Waals surface area contributed by atoms with Crippen molar-refractivity contribution in [1.29, 1.82) is 0 Å². The normalized spacial score (nSPS) is 25.1. The summed E-state index contributed by atoms with van der Waals surface area (Å²) in [5.41, 5.74) is -2.71. The van der Waals surface area contributed by atoms with Gasteiger partial charge in [0.05, 0.1) is 0 Å². The third-order valence-corrected chi connectivity index (χ3v) is 2.27. The lowest BCUT2D eigenvalue weighted by Gasteiger charge is -2.21. The highest BCUT2D eigenvalue weighted by molar-refractivity contribution is 7.84. The number of halogens is 2. The average molecular weight is 194 g/mol. The van der Waals surface area contributed by atoms with E-state index in [1.807, 2.05) is 0 Å². The van der Waals surface area contributed by atoms with Crippen molar-refractivity contribution in [2.75, 3.05) is 0 Å². The molecule has 2 atom stereocenters. The zero-order valence-electron chi connectivity index (χ0n) is 5.80. The molecule has 11 heavy (non-hydrogen) atoms. The second-order valence-electron chi connectivity index (χ2n) is 2.51. The van der Waals surface area contributed by atoms with Gasteiger partial charge in [0, 0.05) is 10.8 Å². The van der Waals surface area contributed by atoms with Crippen molar-refractivity contribution in [2.45, 2.75) is 12.1 Å². The van der Waals surface area contributed by atoms with E-state index in [0.29, 0.717) is 11.3 Å². The van der Waals surface area contributed by atoms with E-state index in [1.54, 1.807) is 21.4 Å². The molecule has 0 aliphatic heterocycles. The minimum atomic E-state index is -2.71. The topological polar surface area (TPSA) is 0 Å². The predicted molar refractivity (Wildman–Crippen MR) is 49.0 cm³/mol. The van der Waals surface area contributed by atoms with Crippen molar-refractivity contribution < 1.29 is 8.78 Å². The maximum Gasteiger partial charge on any atom is 0.265 e. The molecule has 0 aromatic heterocycles. The van der Waals surface area contributed by atoms with Crippen LogP contribution in [0.4, 0.5) is 8.78 Å². The zero-order chi connectivity index (χ0) is 8.48. The monoisotopic (exact) mass is 194 g/mol. The molecular formula is C7H9F2PS. The number of alkyl halides is 2. The molecule has 1 aliphatic rings. The Balaban J connectivity index is 2.71. The van der Waals surface area contributed by atoms with Gasteiger partial charge in [-0.3, -0.25) is 0 Å². The van der Waals surface area contributed by atoms with Crippen molar-refractivity contribution in [3.05, 3.63) is 23.1 Å². The Hall–Kier alpha value is 0.120. The molecule has 0 heterocycles. The molecule has 0 saturated heterocycles. The highest BCUT2D eigenvalue weighted by atomic mass is 32.1. The number of allylic oxidation sites excluding steroid dienone is 3. The highest BCUT2D eigenvalue weighted by Crippen LogP contribution is 2.37. The van der Waals surface area contributed by atoms with Crippen LogP contribution in [0.25, 0.3) is 0 Å². The molecule has 0 spiro atoms. The minimum Gasteiger partial charge on any atom is -0.202 e. The molecule has 0 N–H and O–H groups in total. The number of hydrogen-bond acceptors (Lipinski definition) is 1. The molecule has 0 radical (unpaired) electrons. The maximum atomic E-state index is 12.6. The van der Waals surface area contributed by atoms with Gasteiger partial charge in [-0.15, -0.1) is 12.6 Å². The molecule has 0 aromatic rings. The Labute approximate surface area is 72.4 Å². The molecule has 0 saturated carbocycles. The van der Waals surface area contributed by atoms with Gasteiger partial charge in [0.1, 0.15) is 0 Å². The van der Waals surface area contributed by atoms with Crippen molar-refractivity contribution in [1.82, 2.24) is 0 Å². The number of thiol groups is 1. The highest BCUT2D eigenvalue weighted by Gasteiger charge is 2.32. The first-order valence-electron chi connectivity index (χ1n) is 3.24. The van der Waals surface area contributed by atoms with Crippen LogP contribution in [0.1, 0.15) is 6.42 Å². The summed E-state index contributed by atoms with van der Waals surface area (Å²) in [4.78, 5) is 0.614. The van der Waals surface area contributed by atoms with Crippen LogP contribution in [0.15, 0.2) is 23.1 Å². The van der Waals surface area contributed by atoms with Crippen LogP contribution in [0.3, 0.4) is 0 Å². The van der Waals surface area contributed by atoms with Crippen LogP contribution in [-0.4, -0.2) is 5.66 Å². The van der Waals surface area contributed by atoms with E-state index >= 15 is 0 Å². The molecule has 0 bridgehead atoms. The zero-order valence-corrected chi connectivity index (χ0v) is 7.85. The molecule has 1 rings (SSSR count). The summed E-state index contributed by atoms with van der Waals surface area (Å²) in [7, 11) is 1.55. The van der Waals surface area contributed by atoms with Crippen molar-refractivity contribution in [3.63, 3.8) is 0 Å². The third-order valence-electron chi connectivity index (χ3n) is 1.54. The quantitative estimate of drug-likeness (QED) is 0.481. The molecule has 1 aliphatic carbocycles. The summed E-state index contributed by atoms with van der Waals surface area (Å²) in [5.74, 6) is -0.718. The largest absolute Gasteiger partial charge is 0.265 e. The summed E-state index contributed by atoms with van der Waals surface area (Å²) in [6.07, 6.45) is 5.32. The van der Waals surface area contributed by atoms with Crippen molar-refractivity contribution in [3.8, 4) is 0 Å². The Kier molecular flexibility index (Phi) is 2.71. The van der Waals surface area contributed by atoms with Gasteiger partial charge in [-0.2, -0.15) is 0 Å². The Morgan fingerprint density at radius 1 is 1.64 bits per heavy atom. The number of hydrogen-bond donors (Lipinski definition) is 1. The van der Waals surface area contributed by atoms with Crippen LogP contribution in [-0.2, 0) is 0 Å². The van der Waals surface area contributed by atoms with Gasteiger partial charge in [-0.25, -0.2) is 8.78 Å². The second kappa shape index (κ2) is 3.24. The van der Waals surface area contributed by atoms with Gasteiger partial charge in [0.2, 0.25) is 0 Å². The molecule has 0 aromatic carbocycles. The van der Waals surface area contributed by atoms with E-state index in [-0.39, 0.29) is 0 Å². The van der Waals surface area contributed by atoms with E-state index in [9.17, 15) is 8.78 Å². The van der Waals surface area contributed by atoms with Crippen LogP contribution >= 0.6 is 21.9 Å². The summed E-state index contributed by atoms with van der Waals surface area (Å²) in [6, 6.07) is 0. The van der Waals surface area contributed by atoms with E-state index in [4.69, 9.17) is 0 Å². The molecule has 1 unspecified atom stereocenters. The fourth-order valence-corrected chi connectivity index (χ4v) is 1.45. The van der Waals surface area contributed by atoms with Gasteiger partial charge in [0.25, 0.3) is 5.66 Å². The van der Waals surface area contributed by atoms with Crippen LogP contribution in [0, 0.1) is 5.92 Å². The van der Waals surface area contributed by atoms with Gasteiger partial charge in [-0.05, 0) is 6.42 Å². The Morgan fingerprint density at radius 2 is 2.27 bits per heavy atom. The number of rotatable bonds is 1. The van der Waals surface area contributed by atoms with E-state index in [0.717, 1.165) is 0 Å². The first kappa shape index (κ1) is 9.21. The minimum absolute atomic E-state index is 0.389. The lowest BCUT2D eigenvalue weighted by molar-refractivity contribution is 0.0585. The molecular weight excluding hydrogens is 185 g/mol. The second-order valence-corrected chi connectivity index (χ2v) is 3.80. The molecule has 0 nitrogen and oxygen atoms in total. The van der Waals surface area contributed by atoms with Crippen LogP contribution < -0.4 is 0 Å². The van der Waals surface area contributed by atoms with Gasteiger partial charge < -0.3 is 0 Å². The van der Waals surface area contributed by atoms with Gasteiger partial charge in [-0.1, -0.05) is 27.5 Å². The van der Waals surface area contributed by atoms with Gasteiger partial charge >= 0.3 is 0 Å². The summed E-state index contributed by atoms with van der Waals surface area (Å²) in [6.45, 7) is 0. The van der Waals surface area contributed by atoms with E-state index < -0.39 is 11.6 Å². The van der Waals surface area contributed by atoms with E-state index in [2.05, 4.69) is 12.6 Å². The third kappa shape index (κ3) is 2.57. The van der Waals surface area contributed by atoms with Crippen molar-refractivity contribution >= 4 is 21.9 Å². The maximum absolute atomic E-state index is 12.6. The van der Waals surface area contributed by atoms with Gasteiger partial charge in [0.15, 0.2) is 0 Å². The van der Waals surface area contributed by atoms with E-state index in [1.165, 1.54) is 6.08 Å². The molecule has 0 amide bonds. The summed E-state index contributed by atoms with van der Waals surface area (Å²) < 4.78 is 25.3. The lowest BCUT2D eigenvalue weighted by Crippen LogP contribution is -2.19.